The molecule has 5 nitrogen and oxygen atoms in total. The van der Waals surface area contributed by atoms with Crippen LogP contribution in [-0.4, -0.2) is 28.5 Å². The Labute approximate surface area is 109 Å². The molecule has 9 heteroatoms. The van der Waals surface area contributed by atoms with Crippen molar-refractivity contribution in [1.29, 1.82) is 0 Å². The average Bonchev–Trinajstić information content (AvgIpc) is 2.80. The van der Waals surface area contributed by atoms with Crippen LogP contribution in [0.25, 0.3) is 10.2 Å². The fraction of sp³-hybridized carbons (Fsp3) is 0.400. The van der Waals surface area contributed by atoms with Crippen molar-refractivity contribution < 1.29 is 22.8 Å². The first-order valence-corrected chi connectivity index (χ1v) is 6.01. The number of alkyl halides is 3. The van der Waals surface area contributed by atoms with Crippen molar-refractivity contribution in [1.82, 2.24) is 15.3 Å². The van der Waals surface area contributed by atoms with Crippen LogP contribution in [0.15, 0.2) is 6.07 Å². The van der Waals surface area contributed by atoms with E-state index in [1.165, 1.54) is 0 Å². The summed E-state index contributed by atoms with van der Waals surface area (Å²) in [5, 5.41) is 4.96. The molecule has 0 saturated carbocycles. The number of halogens is 3. The summed E-state index contributed by atoms with van der Waals surface area (Å²) in [6, 6.07) is 1.58. The molecule has 19 heavy (non-hydrogen) atoms. The fourth-order valence-electron chi connectivity index (χ4n) is 1.55. The van der Waals surface area contributed by atoms with Gasteiger partial charge in [0, 0.05) is 12.4 Å². The van der Waals surface area contributed by atoms with Crippen molar-refractivity contribution in [3.05, 3.63) is 16.6 Å². The molecule has 2 aromatic rings. The number of thiophene rings is 1. The maximum Gasteiger partial charge on any atom is 0.414 e. The summed E-state index contributed by atoms with van der Waals surface area (Å²) in [6.45, 7) is 0.265. The highest BCUT2D eigenvalue weighted by atomic mass is 32.1. The molecule has 0 spiro atoms. The summed E-state index contributed by atoms with van der Waals surface area (Å²) >= 11 is 1.14. The quantitative estimate of drug-likeness (QED) is 0.882. The van der Waals surface area contributed by atoms with Gasteiger partial charge < -0.3 is 0 Å². The van der Waals surface area contributed by atoms with Gasteiger partial charge in [0.05, 0.1) is 10.6 Å². The second kappa shape index (κ2) is 4.82. The number of amides is 1. The minimum absolute atomic E-state index is 0.272. The molecule has 0 aliphatic heterocycles. The fourth-order valence-corrected chi connectivity index (χ4v) is 2.56. The topological polar surface area (TPSA) is 56.2 Å². The van der Waals surface area contributed by atoms with Crippen LogP contribution >= 0.6 is 11.3 Å². The highest BCUT2D eigenvalue weighted by Gasteiger charge is 2.28. The Balaban J connectivity index is 2.07. The van der Waals surface area contributed by atoms with Crippen molar-refractivity contribution in [3.63, 3.8) is 0 Å². The zero-order valence-electron chi connectivity index (χ0n) is 10.0. The molecule has 2 aromatic heterocycles. The number of hydroxylamine groups is 1. The van der Waals surface area contributed by atoms with Gasteiger partial charge in [-0.25, -0.2) is 5.48 Å². The lowest BCUT2D eigenvalue weighted by atomic mass is 10.3. The highest BCUT2D eigenvalue weighted by Crippen LogP contribution is 2.27. The van der Waals surface area contributed by atoms with Crippen LogP contribution in [0.2, 0.25) is 0 Å². The van der Waals surface area contributed by atoms with Crippen LogP contribution < -0.4 is 5.48 Å². The summed E-state index contributed by atoms with van der Waals surface area (Å²) < 4.78 is 37.2. The van der Waals surface area contributed by atoms with Crippen LogP contribution in [0.1, 0.15) is 15.4 Å². The smallest absolute Gasteiger partial charge is 0.266 e. The summed E-state index contributed by atoms with van der Waals surface area (Å²) in [5.41, 5.74) is 2.52. The van der Waals surface area contributed by atoms with Gasteiger partial charge in [0.2, 0.25) is 0 Å². The molecule has 0 atom stereocenters. The number of aromatic nitrogens is 2. The summed E-state index contributed by atoms with van der Waals surface area (Å²) in [5.74, 6) is -0.704. The van der Waals surface area contributed by atoms with E-state index in [0.717, 1.165) is 27.2 Å². The molecule has 0 aromatic carbocycles. The van der Waals surface area contributed by atoms with E-state index in [-0.39, 0.29) is 4.88 Å². The normalized spacial score (nSPS) is 12.1. The van der Waals surface area contributed by atoms with Crippen molar-refractivity contribution in [2.75, 3.05) is 6.61 Å². The van der Waals surface area contributed by atoms with Crippen molar-refractivity contribution in [3.8, 4) is 0 Å². The van der Waals surface area contributed by atoms with Gasteiger partial charge in [0.1, 0.15) is 4.83 Å². The minimum Gasteiger partial charge on any atom is -0.266 e. The van der Waals surface area contributed by atoms with E-state index in [4.69, 9.17) is 0 Å². The number of nitrogens with zero attached hydrogens (tertiary/aromatic N) is 2. The van der Waals surface area contributed by atoms with Gasteiger partial charge in [-0.15, -0.1) is 11.3 Å². The van der Waals surface area contributed by atoms with Crippen molar-refractivity contribution >= 4 is 27.5 Å². The monoisotopic (exact) mass is 293 g/mol. The van der Waals surface area contributed by atoms with Gasteiger partial charge >= 0.3 is 6.18 Å². The average molecular weight is 293 g/mol. The van der Waals surface area contributed by atoms with Crippen LogP contribution in [0.3, 0.4) is 0 Å². The third-order valence-corrected chi connectivity index (χ3v) is 3.52. The van der Waals surface area contributed by atoms with E-state index < -0.39 is 18.7 Å². The number of fused-ring (bicyclic) bond motifs is 1. The van der Waals surface area contributed by atoms with Gasteiger partial charge in [-0.2, -0.15) is 18.3 Å². The summed E-state index contributed by atoms with van der Waals surface area (Å²) in [6.07, 6.45) is -4.48. The number of aryl methyl sites for hydroxylation is 2. The molecule has 104 valence electrons. The first-order valence-electron chi connectivity index (χ1n) is 5.20. The van der Waals surface area contributed by atoms with Crippen LogP contribution in [0, 0.1) is 6.92 Å². The third-order valence-electron chi connectivity index (χ3n) is 2.32. The molecule has 2 rings (SSSR count). The van der Waals surface area contributed by atoms with Crippen LogP contribution in [-0.2, 0) is 11.9 Å². The second-order valence-corrected chi connectivity index (χ2v) is 4.90. The standard InChI is InChI=1S/C10H10F3N3O2S/c1-5-6-3-7(19-9(6)16(2)14-5)8(17)15-18-4-10(11,12)13/h3H,4H2,1-2H3,(H,15,17). The highest BCUT2D eigenvalue weighted by molar-refractivity contribution is 7.20. The van der Waals surface area contributed by atoms with Gasteiger partial charge in [0.25, 0.3) is 5.91 Å². The van der Waals surface area contributed by atoms with E-state index in [2.05, 4.69) is 9.94 Å². The second-order valence-electron chi connectivity index (χ2n) is 3.87. The summed E-state index contributed by atoms with van der Waals surface area (Å²) in [7, 11) is 1.73. The Kier molecular flexibility index (Phi) is 3.50. The van der Waals surface area contributed by atoms with Crippen molar-refractivity contribution in [2.45, 2.75) is 13.1 Å². The van der Waals surface area contributed by atoms with Crippen molar-refractivity contribution in [2.24, 2.45) is 7.05 Å². The molecule has 2 heterocycles. The first kappa shape index (κ1) is 13.8. The Morgan fingerprint density at radius 3 is 2.84 bits per heavy atom. The Morgan fingerprint density at radius 2 is 2.26 bits per heavy atom. The van der Waals surface area contributed by atoms with E-state index in [9.17, 15) is 18.0 Å². The van der Waals surface area contributed by atoms with Gasteiger partial charge in [-0.3, -0.25) is 14.3 Å². The lowest BCUT2D eigenvalue weighted by Gasteiger charge is -2.07. The third kappa shape index (κ3) is 3.04. The molecular formula is C10H10F3N3O2S. The zero-order valence-corrected chi connectivity index (χ0v) is 10.9. The lowest BCUT2D eigenvalue weighted by molar-refractivity contribution is -0.184. The maximum absolute atomic E-state index is 11.8. The molecule has 0 fully saturated rings. The minimum atomic E-state index is -4.48. The first-order chi connectivity index (χ1) is 8.78. The van der Waals surface area contributed by atoms with Gasteiger partial charge in [0.15, 0.2) is 6.61 Å². The molecule has 0 unspecified atom stereocenters. The molecule has 0 bridgehead atoms. The molecule has 1 amide bonds. The Morgan fingerprint density at radius 1 is 1.58 bits per heavy atom. The molecule has 0 radical (unpaired) electrons. The van der Waals surface area contributed by atoms with Gasteiger partial charge in [-0.1, -0.05) is 0 Å². The Hall–Kier alpha value is -1.61. The van der Waals surface area contributed by atoms with E-state index in [0.29, 0.717) is 0 Å². The number of nitrogens with one attached hydrogen (secondary N) is 1. The number of rotatable bonds is 3. The Bertz CT molecular complexity index is 583. The van der Waals surface area contributed by atoms with E-state index in [1.807, 2.05) is 0 Å². The summed E-state index contributed by atoms with van der Waals surface area (Å²) in [4.78, 5) is 16.8. The molecule has 0 aliphatic rings. The van der Waals surface area contributed by atoms with Crippen LogP contribution in [0.4, 0.5) is 13.2 Å². The largest absolute Gasteiger partial charge is 0.414 e. The number of carbonyl (C=O) groups is 1. The van der Waals surface area contributed by atoms with E-state index >= 15 is 0 Å². The molecular weight excluding hydrogens is 283 g/mol. The predicted octanol–water partition coefficient (Wildman–Crippen LogP) is 2.17. The molecule has 0 aliphatic carbocycles. The number of hydrogen-bond donors (Lipinski definition) is 1. The zero-order chi connectivity index (χ0) is 14.2. The SMILES string of the molecule is Cc1nn(C)c2sc(C(=O)NOCC(F)(F)F)cc12. The molecule has 0 saturated heterocycles. The van der Waals surface area contributed by atoms with Crippen LogP contribution in [0.5, 0.6) is 0 Å². The lowest BCUT2D eigenvalue weighted by Crippen LogP contribution is -2.29. The number of hydrogen-bond acceptors (Lipinski definition) is 4. The molecule has 1 N–H and O–H groups in total. The maximum atomic E-state index is 11.8. The number of carbonyl (C=O) groups excluding carboxylic acids is 1. The van der Waals surface area contributed by atoms with E-state index in [1.54, 1.807) is 30.2 Å². The predicted molar refractivity (Wildman–Crippen MR) is 62.8 cm³/mol. The van der Waals surface area contributed by atoms with Gasteiger partial charge in [-0.05, 0) is 13.0 Å².